The third kappa shape index (κ3) is 3.52. The molecule has 2 N–H and O–H groups in total. The summed E-state index contributed by atoms with van der Waals surface area (Å²) in [7, 11) is 0. The Morgan fingerprint density at radius 3 is 2.70 bits per heavy atom. The van der Waals surface area contributed by atoms with E-state index in [0.717, 1.165) is 37.0 Å². The predicted octanol–water partition coefficient (Wildman–Crippen LogP) is 3.64. The van der Waals surface area contributed by atoms with E-state index in [9.17, 15) is 15.0 Å². The van der Waals surface area contributed by atoms with Crippen molar-refractivity contribution in [2.75, 3.05) is 0 Å². The van der Waals surface area contributed by atoms with E-state index < -0.39 is 12.1 Å². The lowest BCUT2D eigenvalue weighted by Gasteiger charge is -2.21. The summed E-state index contributed by atoms with van der Waals surface area (Å²) < 4.78 is 5.85. The van der Waals surface area contributed by atoms with Crippen LogP contribution in [0, 0.1) is 0 Å². The van der Waals surface area contributed by atoms with Gasteiger partial charge in [0, 0.05) is 4.88 Å². The molecule has 4 nitrogen and oxygen atoms in total. The van der Waals surface area contributed by atoms with Crippen LogP contribution in [0.25, 0.3) is 0 Å². The van der Waals surface area contributed by atoms with Crippen LogP contribution < -0.4 is 4.74 Å². The highest BCUT2D eigenvalue weighted by Crippen LogP contribution is 2.35. The molecule has 1 saturated carbocycles. The van der Waals surface area contributed by atoms with Gasteiger partial charge in [-0.25, -0.2) is 4.79 Å². The molecule has 1 aliphatic rings. The van der Waals surface area contributed by atoms with Crippen LogP contribution in [-0.4, -0.2) is 28.4 Å². The number of carboxylic acids is 1. The van der Waals surface area contributed by atoms with Gasteiger partial charge in [0.1, 0.15) is 11.9 Å². The average Bonchev–Trinajstić information content (AvgIpc) is 2.71. The molecule has 1 aliphatic carbocycles. The van der Waals surface area contributed by atoms with Gasteiger partial charge in [-0.15, -0.1) is 11.3 Å². The molecule has 0 saturated heterocycles. The molecule has 1 aromatic rings. The largest absolute Gasteiger partial charge is 0.486 e. The van der Waals surface area contributed by atoms with Crippen LogP contribution in [0.4, 0.5) is 0 Å². The summed E-state index contributed by atoms with van der Waals surface area (Å²) in [5.41, 5.74) is 0. The van der Waals surface area contributed by atoms with Gasteiger partial charge >= 0.3 is 5.97 Å². The van der Waals surface area contributed by atoms with E-state index in [1.54, 1.807) is 0 Å². The molecule has 20 heavy (non-hydrogen) atoms. The highest BCUT2D eigenvalue weighted by atomic mass is 32.1. The quantitative estimate of drug-likeness (QED) is 0.833. The molecule has 0 amide bonds. The zero-order valence-electron chi connectivity index (χ0n) is 12.0. The summed E-state index contributed by atoms with van der Waals surface area (Å²) in [6.45, 7) is 4.06. The fourth-order valence-electron chi connectivity index (χ4n) is 2.47. The minimum absolute atomic E-state index is 0.241. The zero-order chi connectivity index (χ0) is 14.7. The highest BCUT2D eigenvalue weighted by molar-refractivity contribution is 7.14. The number of hydrogen-bond donors (Lipinski definition) is 2. The van der Waals surface area contributed by atoms with Gasteiger partial charge in [0.15, 0.2) is 4.88 Å². The van der Waals surface area contributed by atoms with E-state index >= 15 is 0 Å². The van der Waals surface area contributed by atoms with E-state index in [4.69, 9.17) is 4.74 Å². The van der Waals surface area contributed by atoms with Gasteiger partial charge in [0.25, 0.3) is 0 Å². The van der Waals surface area contributed by atoms with Crippen LogP contribution in [0.3, 0.4) is 0 Å². The summed E-state index contributed by atoms with van der Waals surface area (Å²) in [4.78, 5) is 12.6. The van der Waals surface area contributed by atoms with Crippen molar-refractivity contribution in [2.24, 2.45) is 0 Å². The van der Waals surface area contributed by atoms with Crippen LogP contribution in [-0.2, 0) is 0 Å². The van der Waals surface area contributed by atoms with Gasteiger partial charge < -0.3 is 14.9 Å². The first-order valence-electron chi connectivity index (χ1n) is 7.20. The monoisotopic (exact) mass is 298 g/mol. The molecule has 2 atom stereocenters. The number of thiophene rings is 1. The smallest absolute Gasteiger partial charge is 0.349 e. The summed E-state index contributed by atoms with van der Waals surface area (Å²) in [5.74, 6) is -0.272. The Hall–Kier alpha value is -1.07. The van der Waals surface area contributed by atoms with Crippen molar-refractivity contribution in [3.63, 3.8) is 0 Å². The van der Waals surface area contributed by atoms with Gasteiger partial charge in [0.05, 0.1) is 6.10 Å². The lowest BCUT2D eigenvalue weighted by Crippen LogP contribution is -2.30. The lowest BCUT2D eigenvalue weighted by atomic mass is 10.1. The van der Waals surface area contributed by atoms with Gasteiger partial charge in [-0.2, -0.15) is 0 Å². The van der Waals surface area contributed by atoms with Gasteiger partial charge in [-0.1, -0.05) is 26.7 Å². The number of ether oxygens (including phenoxy) is 1. The third-order valence-electron chi connectivity index (χ3n) is 3.68. The number of carboxylic acid groups (broad SMARTS) is 1. The number of rotatable bonds is 4. The molecule has 1 fully saturated rings. The van der Waals surface area contributed by atoms with E-state index in [1.165, 1.54) is 11.3 Å². The fourth-order valence-corrected chi connectivity index (χ4v) is 3.40. The number of aromatic carboxylic acids is 1. The SMILES string of the molecule is CC(C)c1cc(OC2CCCCCC2O)c(C(=O)O)s1. The van der Waals surface area contributed by atoms with Crippen LogP contribution >= 0.6 is 11.3 Å². The number of aliphatic hydroxyl groups excluding tert-OH is 1. The first-order valence-corrected chi connectivity index (χ1v) is 8.02. The van der Waals surface area contributed by atoms with Crippen LogP contribution in [0.15, 0.2) is 6.07 Å². The van der Waals surface area contributed by atoms with E-state index in [-0.39, 0.29) is 16.9 Å². The van der Waals surface area contributed by atoms with Gasteiger partial charge in [-0.05, 0) is 31.2 Å². The Morgan fingerprint density at radius 1 is 1.35 bits per heavy atom. The molecule has 0 spiro atoms. The first kappa shape index (κ1) is 15.3. The molecule has 0 radical (unpaired) electrons. The van der Waals surface area contributed by atoms with Crippen LogP contribution in [0.1, 0.15) is 66.4 Å². The van der Waals surface area contributed by atoms with Crippen molar-refractivity contribution in [2.45, 2.75) is 64.1 Å². The molecule has 112 valence electrons. The van der Waals surface area contributed by atoms with Crippen molar-refractivity contribution in [3.05, 3.63) is 15.8 Å². The average molecular weight is 298 g/mol. The second-order valence-electron chi connectivity index (χ2n) is 5.66. The number of hydrogen-bond acceptors (Lipinski definition) is 4. The minimum Gasteiger partial charge on any atom is -0.486 e. The van der Waals surface area contributed by atoms with Gasteiger partial charge in [0.2, 0.25) is 0 Å². The molecule has 0 bridgehead atoms. The Balaban J connectivity index is 2.20. The number of aliphatic hydroxyl groups is 1. The van der Waals surface area contributed by atoms with Crippen molar-refractivity contribution >= 4 is 17.3 Å². The van der Waals surface area contributed by atoms with Crippen molar-refractivity contribution < 1.29 is 19.7 Å². The summed E-state index contributed by atoms with van der Waals surface area (Å²) in [6, 6.07) is 1.82. The lowest BCUT2D eigenvalue weighted by molar-refractivity contribution is 0.0309. The Labute approximate surface area is 123 Å². The second-order valence-corrected chi connectivity index (χ2v) is 6.75. The highest BCUT2D eigenvalue weighted by Gasteiger charge is 2.26. The van der Waals surface area contributed by atoms with Gasteiger partial charge in [-0.3, -0.25) is 0 Å². The van der Waals surface area contributed by atoms with E-state index in [0.29, 0.717) is 5.75 Å². The molecule has 0 aliphatic heterocycles. The van der Waals surface area contributed by atoms with Crippen molar-refractivity contribution in [3.8, 4) is 5.75 Å². The molecular formula is C15H22O4S. The summed E-state index contributed by atoms with van der Waals surface area (Å²) >= 11 is 1.26. The molecule has 1 heterocycles. The summed E-state index contributed by atoms with van der Waals surface area (Å²) in [6.07, 6.45) is 3.86. The first-order chi connectivity index (χ1) is 9.49. The Bertz CT molecular complexity index is 466. The van der Waals surface area contributed by atoms with E-state index in [1.807, 2.05) is 19.9 Å². The molecule has 2 rings (SSSR count). The molecule has 0 aromatic carbocycles. The van der Waals surface area contributed by atoms with Crippen molar-refractivity contribution in [1.82, 2.24) is 0 Å². The maximum absolute atomic E-state index is 11.3. The summed E-state index contributed by atoms with van der Waals surface area (Å²) in [5, 5.41) is 19.4. The normalized spacial score (nSPS) is 23.6. The van der Waals surface area contributed by atoms with Crippen molar-refractivity contribution in [1.29, 1.82) is 0 Å². The van der Waals surface area contributed by atoms with Crippen LogP contribution in [0.5, 0.6) is 5.75 Å². The Morgan fingerprint density at radius 2 is 2.05 bits per heavy atom. The maximum Gasteiger partial charge on any atom is 0.349 e. The topological polar surface area (TPSA) is 66.8 Å². The zero-order valence-corrected chi connectivity index (χ0v) is 12.8. The minimum atomic E-state index is -0.958. The maximum atomic E-state index is 11.3. The van der Waals surface area contributed by atoms with E-state index in [2.05, 4.69) is 0 Å². The standard InChI is InChI=1S/C15H22O4S/c1-9(2)13-8-12(14(20-13)15(17)18)19-11-7-5-3-4-6-10(11)16/h8-11,16H,3-7H2,1-2H3,(H,17,18). The molecular weight excluding hydrogens is 276 g/mol. The molecule has 5 heteroatoms. The fraction of sp³-hybridized carbons (Fsp3) is 0.667. The second kappa shape index (κ2) is 6.59. The van der Waals surface area contributed by atoms with Crippen LogP contribution in [0.2, 0.25) is 0 Å². The predicted molar refractivity (Wildman–Crippen MR) is 78.9 cm³/mol. The third-order valence-corrected chi connectivity index (χ3v) is 5.08. The number of carbonyl (C=O) groups is 1. The Kier molecular flexibility index (Phi) is 5.05. The molecule has 2 unspecified atom stereocenters. The molecule has 1 aromatic heterocycles.